The van der Waals surface area contributed by atoms with Crippen LogP contribution in [0.3, 0.4) is 0 Å². The molecule has 0 saturated carbocycles. The van der Waals surface area contributed by atoms with Crippen molar-refractivity contribution >= 4 is 140 Å². The van der Waals surface area contributed by atoms with Crippen molar-refractivity contribution in [3.05, 3.63) is 25.3 Å². The minimum atomic E-state index is -5.59. The summed E-state index contributed by atoms with van der Waals surface area (Å²) in [5.41, 5.74) is 8.49. The van der Waals surface area contributed by atoms with E-state index in [0.29, 0.717) is 12.3 Å². The Morgan fingerprint density at radius 2 is 0.961 bits per heavy atom. The average molecular weight is 1620 g/mol. The summed E-state index contributed by atoms with van der Waals surface area (Å²) in [5, 5.41) is 60.1. The molecule has 2 saturated heterocycles. The summed E-state index contributed by atoms with van der Waals surface area (Å²) in [6.45, 7) is 0.855. The number of nitrogens with two attached hydrogens (primary N) is 2. The fourth-order valence-corrected chi connectivity index (χ4v) is 15.0. The molecule has 6 heterocycles. The Labute approximate surface area is 584 Å². The molecule has 576 valence electrons. The highest BCUT2D eigenvalue weighted by Gasteiger charge is 2.52. The number of carbonyl (C=O) groups excluding carboxylic acids is 5. The molecule has 2 aliphatic rings. The topological polar surface area (TPSA) is 747 Å². The maximum Gasteiger partial charge on any atom is 0.481 e. The fraction of sp³-hybridized carbons (Fsp3) is 0.644. The molecule has 21 N–H and O–H groups in total. The lowest BCUT2D eigenvalue weighted by Crippen LogP contribution is -2.46. The molecule has 0 aromatic carbocycles. The van der Waals surface area contributed by atoms with E-state index in [2.05, 4.69) is 81.5 Å². The Bertz CT molecular complexity index is 3910. The molecule has 0 aliphatic carbocycles. The number of nitrogens with zero attached hydrogens (tertiary/aromatic N) is 8. The van der Waals surface area contributed by atoms with Gasteiger partial charge in [-0.1, -0.05) is 39.5 Å². The molecule has 0 radical (unpaired) electrons. The first-order valence-electron chi connectivity index (χ1n) is 28.8. The molecule has 14 atom stereocenters. The zero-order chi connectivity index (χ0) is 76.7. The van der Waals surface area contributed by atoms with Gasteiger partial charge in [-0.25, -0.2) is 57.3 Å². The van der Waals surface area contributed by atoms with Gasteiger partial charge in [0.15, 0.2) is 40.5 Å². The molecule has 4 amide bonds. The van der Waals surface area contributed by atoms with Crippen molar-refractivity contribution in [3.8, 4) is 0 Å². The maximum absolute atomic E-state index is 12.6. The molecule has 2 fully saturated rings. The van der Waals surface area contributed by atoms with E-state index in [1.807, 2.05) is 0 Å². The lowest BCUT2D eigenvalue weighted by atomic mass is 9.87. The van der Waals surface area contributed by atoms with E-state index in [0.717, 1.165) is 46.2 Å². The Morgan fingerprint density at radius 1 is 0.588 bits per heavy atom. The van der Waals surface area contributed by atoms with Crippen molar-refractivity contribution in [2.24, 2.45) is 10.8 Å². The van der Waals surface area contributed by atoms with Gasteiger partial charge in [-0.05, 0) is 0 Å². The molecular formula is C45H74N14O35P6S2. The number of fused-ring (bicyclic) bond motifs is 2. The second-order valence-electron chi connectivity index (χ2n) is 22.7. The number of aromatic nitrogens is 8. The number of anilines is 2. The Kier molecular flexibility index (Phi) is 31.7. The number of phosphoric acid groups is 6. The summed E-state index contributed by atoms with van der Waals surface area (Å²) in [6.07, 6.45) is -14.5. The number of nitrogens with one attached hydrogen (secondary N) is 4. The first kappa shape index (κ1) is 87.6. The summed E-state index contributed by atoms with van der Waals surface area (Å²) in [4.78, 5) is 172. The number of carboxylic acid groups (broad SMARTS) is 1. The zero-order valence-corrected chi connectivity index (χ0v) is 60.4. The number of hydrogen-bond donors (Lipinski definition) is 20. The smallest absolute Gasteiger partial charge is 0.481 e. The number of rotatable bonds is 39. The van der Waals surface area contributed by atoms with Crippen LogP contribution < -0.4 is 32.7 Å². The maximum atomic E-state index is 12.6. The standard InChI is InChI=1S/C24H38N7O19P3S.C21H36N7O16P3S/c1-24(2,19(37)22(38)27-4-3-13(32)26-5-6-54-15(35)7-14(33)34)9-47-53(44,45)50-52(42,43)46-8-12-18(49-51(39,40)41)17(36)23(48-12)31-11-30-16-20(25)28-10-29-21(16)31;1-21(2,16(31)19(32)24-4-3-12(29)23-5-6-48)8-41-47(38,39)44-46(36,37)40-7-11-15(43-45(33,34)35)14(30)20(42-11)28-10-27-13-17(22)25-9-26-18(13)28/h10-12,17-19,23,36-37H,3-9H2,1-2H3,(H,26,32)(H,27,38)(H,33,34)(H,42,43)(H,44,45)(H2,25,28,29)(H2,39,40,41);9-11,14-16,20,30-31,48H,3-8H2,1-2H3,(H,23,29)(H,24,32)(H,36,37)(H,38,39)(H2,22,25,26)(H2,33,34,35)/t12-,17-,18-,19+,23-;11-,14-,15-,16+,20-/m11/s1. The quantitative estimate of drug-likeness (QED) is 0.00891. The second kappa shape index (κ2) is 37.0. The lowest BCUT2D eigenvalue weighted by Gasteiger charge is -2.30. The highest BCUT2D eigenvalue weighted by Crippen LogP contribution is 2.63. The SMILES string of the molecule is CC(C)(COP(=O)(O)OP(=O)(O)OC[C@H]1O[C@@H](n2cnc3c(N)ncnc32)[C@H](O)[C@@H]1OP(=O)(O)O)[C@@H](O)C(=O)NCCC(=O)NCCS.CC(C)(COP(=O)(O)OP(=O)(O)OC[C@H]1O[C@@H](n2cnc3c(N)ncnc32)[C@H](O)[C@@H]1OP(=O)(O)O)[C@@H](O)C(=O)NCCC(=O)NCCSC(=O)CC(=O)O. The predicted molar refractivity (Wildman–Crippen MR) is 343 cm³/mol. The van der Waals surface area contributed by atoms with Crippen molar-refractivity contribution in [1.82, 2.24) is 60.3 Å². The molecule has 102 heavy (non-hydrogen) atoms. The fourth-order valence-electron chi connectivity index (χ4n) is 8.60. The van der Waals surface area contributed by atoms with Crippen molar-refractivity contribution in [3.63, 3.8) is 0 Å². The van der Waals surface area contributed by atoms with Gasteiger partial charge in [-0.15, -0.1) is 0 Å². The normalized spacial score (nSPS) is 22.6. The molecule has 6 rings (SSSR count). The van der Waals surface area contributed by atoms with Crippen LogP contribution in [0.2, 0.25) is 0 Å². The number of hydrogen-bond acceptors (Lipinski definition) is 36. The summed E-state index contributed by atoms with van der Waals surface area (Å²) in [6, 6.07) is 0. The van der Waals surface area contributed by atoms with E-state index in [4.69, 9.17) is 44.1 Å². The van der Waals surface area contributed by atoms with Gasteiger partial charge in [0.2, 0.25) is 23.6 Å². The number of thioether (sulfide) groups is 1. The van der Waals surface area contributed by atoms with E-state index in [1.54, 1.807) is 0 Å². The predicted octanol–water partition coefficient (Wildman–Crippen LogP) is -3.53. The van der Waals surface area contributed by atoms with Gasteiger partial charge in [0, 0.05) is 61.4 Å². The number of aliphatic carboxylic acids is 1. The average Bonchev–Trinajstić information content (AvgIpc) is 1.62. The number of phosphoric ester groups is 6. The number of ether oxygens (including phenoxy) is 2. The monoisotopic (exact) mass is 1620 g/mol. The summed E-state index contributed by atoms with van der Waals surface area (Å²) < 4.78 is 124. The van der Waals surface area contributed by atoms with E-state index >= 15 is 0 Å². The number of aliphatic hydroxyl groups excluding tert-OH is 4. The lowest BCUT2D eigenvalue weighted by molar-refractivity contribution is -0.139. The van der Waals surface area contributed by atoms with E-state index in [-0.39, 0.29) is 78.1 Å². The van der Waals surface area contributed by atoms with E-state index in [9.17, 15) is 116 Å². The molecule has 49 nitrogen and oxygen atoms in total. The van der Waals surface area contributed by atoms with Crippen LogP contribution in [0.1, 0.15) is 59.4 Å². The molecule has 2 aliphatic heterocycles. The molecule has 0 bridgehead atoms. The van der Waals surface area contributed by atoms with Crippen LogP contribution in [0.4, 0.5) is 11.6 Å². The van der Waals surface area contributed by atoms with Crippen molar-refractivity contribution in [2.75, 3.05) is 75.6 Å². The van der Waals surface area contributed by atoms with Gasteiger partial charge in [-0.3, -0.25) is 65.0 Å². The molecule has 4 unspecified atom stereocenters. The first-order valence-corrected chi connectivity index (χ1v) is 39.5. The molecule has 0 spiro atoms. The van der Waals surface area contributed by atoms with Gasteiger partial charge in [0.25, 0.3) is 0 Å². The molecular weight excluding hydrogens is 1550 g/mol. The van der Waals surface area contributed by atoms with Crippen LogP contribution in [-0.4, -0.2) is 251 Å². The third-order valence-electron chi connectivity index (χ3n) is 13.6. The summed E-state index contributed by atoms with van der Waals surface area (Å²) in [7, 11) is -32.7. The number of nitrogen functional groups attached to an aromatic ring is 2. The van der Waals surface area contributed by atoms with Crippen LogP contribution >= 0.6 is 71.3 Å². The van der Waals surface area contributed by atoms with Crippen LogP contribution in [-0.2, 0) is 101 Å². The number of thiol groups is 1. The van der Waals surface area contributed by atoms with Crippen LogP contribution in [0.15, 0.2) is 25.3 Å². The van der Waals surface area contributed by atoms with Crippen LogP contribution in [0, 0.1) is 10.8 Å². The highest BCUT2D eigenvalue weighted by atomic mass is 32.2. The van der Waals surface area contributed by atoms with Crippen molar-refractivity contribution < 1.29 is 166 Å². The minimum absolute atomic E-state index is 0.0185. The van der Waals surface area contributed by atoms with E-state index in [1.165, 1.54) is 27.7 Å². The Balaban J connectivity index is 0.000000370. The van der Waals surface area contributed by atoms with Gasteiger partial charge in [0.1, 0.15) is 78.9 Å². The van der Waals surface area contributed by atoms with Gasteiger partial charge >= 0.3 is 52.9 Å². The summed E-state index contributed by atoms with van der Waals surface area (Å²) in [5.74, 6) is -3.74. The van der Waals surface area contributed by atoms with Crippen LogP contribution in [0.25, 0.3) is 22.3 Å². The number of carboxylic acids is 1. The third kappa shape index (κ3) is 27.1. The largest absolute Gasteiger partial charge is 0.481 e. The third-order valence-corrected chi connectivity index (χ3v) is 20.9. The molecule has 4 aromatic heterocycles. The number of carbonyl (C=O) groups is 6. The summed E-state index contributed by atoms with van der Waals surface area (Å²) >= 11 is 4.67. The number of aliphatic hydroxyl groups is 4. The van der Waals surface area contributed by atoms with Crippen molar-refractivity contribution in [1.29, 1.82) is 0 Å². The Hall–Kier alpha value is -5.08. The van der Waals surface area contributed by atoms with Gasteiger partial charge in [-0.2, -0.15) is 21.3 Å². The van der Waals surface area contributed by atoms with E-state index < -0.39 is 181 Å². The highest BCUT2D eigenvalue weighted by molar-refractivity contribution is 8.13. The Morgan fingerprint density at radius 3 is 1.32 bits per heavy atom. The molecule has 57 heteroatoms. The zero-order valence-electron chi connectivity index (χ0n) is 53.3. The number of amides is 4. The number of imidazole rings is 2. The van der Waals surface area contributed by atoms with Gasteiger partial charge < -0.3 is 107 Å². The second-order valence-corrected chi connectivity index (χ2v) is 32.7. The molecule has 4 aromatic rings. The van der Waals surface area contributed by atoms with Crippen LogP contribution in [0.5, 0.6) is 0 Å². The van der Waals surface area contributed by atoms with Gasteiger partial charge in [0.05, 0.1) is 39.1 Å². The van der Waals surface area contributed by atoms with Crippen molar-refractivity contribution in [2.45, 2.75) is 108 Å². The first-order chi connectivity index (χ1) is 47.1. The minimum Gasteiger partial charge on any atom is -0.481 e.